The number of nitrogens with zero attached hydrogens (tertiary/aromatic N) is 4. The molecule has 1 aliphatic rings. The van der Waals surface area contributed by atoms with Crippen LogP contribution in [0.5, 0.6) is 0 Å². The van der Waals surface area contributed by atoms with Gasteiger partial charge in [-0.1, -0.05) is 184 Å². The average Bonchev–Trinajstić information content (AvgIpc) is 4.11. The Kier molecular flexibility index (Phi) is 10.1. The first-order valence-corrected chi connectivity index (χ1v) is 26.9. The Labute approximate surface area is 445 Å². The van der Waals surface area contributed by atoms with Crippen molar-refractivity contribution in [1.29, 1.82) is 0 Å². The van der Waals surface area contributed by atoms with Crippen LogP contribution in [-0.2, 0) is 5.41 Å². The molecule has 0 spiro atoms. The summed E-state index contributed by atoms with van der Waals surface area (Å²) in [6.07, 6.45) is 0. The number of aromatic nitrogens is 3. The van der Waals surface area contributed by atoms with E-state index in [0.29, 0.717) is 5.82 Å². The first kappa shape index (κ1) is 44.1. The van der Waals surface area contributed by atoms with Crippen LogP contribution in [0.25, 0.3) is 115 Å². The summed E-state index contributed by atoms with van der Waals surface area (Å²) in [5.74, 6) is 0.694. The summed E-state index contributed by atoms with van der Waals surface area (Å²) < 4.78 is 4.99. The van der Waals surface area contributed by atoms with Gasteiger partial charge in [0.1, 0.15) is 0 Å². The van der Waals surface area contributed by atoms with Crippen molar-refractivity contribution >= 4 is 81.1 Å². The minimum absolute atomic E-state index is 0.134. The van der Waals surface area contributed by atoms with Gasteiger partial charge in [0, 0.05) is 75.8 Å². The highest BCUT2D eigenvalue weighted by Crippen LogP contribution is 2.52. The Balaban J connectivity index is 0.887. The van der Waals surface area contributed by atoms with Gasteiger partial charge in [0.15, 0.2) is 5.82 Å². The van der Waals surface area contributed by atoms with Crippen molar-refractivity contribution in [3.63, 3.8) is 0 Å². The minimum Gasteiger partial charge on any atom is -0.310 e. The fraction of sp³-hybridized carbons (Fsp3) is 0.0423. The van der Waals surface area contributed by atoms with E-state index in [0.717, 1.165) is 50.8 Å². The van der Waals surface area contributed by atoms with Gasteiger partial charge in [0.25, 0.3) is 0 Å². The zero-order valence-corrected chi connectivity index (χ0v) is 42.8. The van der Waals surface area contributed by atoms with Crippen molar-refractivity contribution in [3.8, 4) is 61.8 Å². The molecule has 11 aromatic carbocycles. The van der Waals surface area contributed by atoms with E-state index < -0.39 is 0 Å². The molecule has 0 bridgehead atoms. The number of fused-ring (bicyclic) bond motifs is 12. The molecule has 0 N–H and O–H groups in total. The lowest BCUT2D eigenvalue weighted by Gasteiger charge is -2.28. The van der Waals surface area contributed by atoms with Crippen molar-refractivity contribution in [3.05, 3.63) is 266 Å². The molecule has 0 saturated heterocycles. The van der Waals surface area contributed by atoms with Crippen molar-refractivity contribution in [2.24, 2.45) is 0 Å². The van der Waals surface area contributed by atoms with Crippen LogP contribution in [0.15, 0.2) is 255 Å². The van der Waals surface area contributed by atoms with Gasteiger partial charge in [-0.15, -0.1) is 11.3 Å². The van der Waals surface area contributed by atoms with Crippen LogP contribution in [0.3, 0.4) is 0 Å². The minimum atomic E-state index is -0.134. The molecule has 358 valence electrons. The number of hydrogen-bond donors (Lipinski definition) is 0. The van der Waals surface area contributed by atoms with E-state index in [1.165, 1.54) is 86.1 Å². The van der Waals surface area contributed by atoms with Gasteiger partial charge in [-0.3, -0.25) is 0 Å². The van der Waals surface area contributed by atoms with Crippen molar-refractivity contribution in [1.82, 2.24) is 14.5 Å². The monoisotopic (exact) mass is 988 g/mol. The normalized spacial score (nSPS) is 12.7. The van der Waals surface area contributed by atoms with Gasteiger partial charge in [0.2, 0.25) is 0 Å². The van der Waals surface area contributed by atoms with E-state index in [2.05, 4.69) is 266 Å². The maximum atomic E-state index is 5.15. The fourth-order valence-electron chi connectivity index (χ4n) is 12.1. The first-order chi connectivity index (χ1) is 37.4. The highest BCUT2D eigenvalue weighted by Gasteiger charge is 2.36. The topological polar surface area (TPSA) is 34.0 Å². The fourth-order valence-corrected chi connectivity index (χ4v) is 13.3. The number of hydrogen-bond acceptors (Lipinski definition) is 4. The van der Waals surface area contributed by atoms with Gasteiger partial charge in [-0.25, -0.2) is 9.97 Å². The number of anilines is 3. The van der Waals surface area contributed by atoms with Crippen molar-refractivity contribution in [2.45, 2.75) is 19.3 Å². The van der Waals surface area contributed by atoms with E-state index in [4.69, 9.17) is 9.97 Å². The molecule has 1 aliphatic carbocycles. The maximum absolute atomic E-state index is 5.15. The van der Waals surface area contributed by atoms with Crippen LogP contribution in [0.1, 0.15) is 25.0 Å². The van der Waals surface area contributed by atoms with Crippen LogP contribution < -0.4 is 4.90 Å². The van der Waals surface area contributed by atoms with E-state index in [-0.39, 0.29) is 5.41 Å². The molecule has 0 fully saturated rings. The Morgan fingerprint density at radius 3 is 1.70 bits per heavy atom. The summed E-state index contributed by atoms with van der Waals surface area (Å²) in [7, 11) is 0. The van der Waals surface area contributed by atoms with Gasteiger partial charge in [0.05, 0.1) is 22.4 Å². The highest BCUT2D eigenvalue weighted by atomic mass is 32.1. The zero-order chi connectivity index (χ0) is 50.5. The van der Waals surface area contributed by atoms with Crippen LogP contribution in [0.2, 0.25) is 0 Å². The molecular weight excluding hydrogens is 941 g/mol. The summed E-state index contributed by atoms with van der Waals surface area (Å²) in [6, 6.07) is 92.5. The molecule has 3 heterocycles. The molecule has 5 heteroatoms. The van der Waals surface area contributed by atoms with E-state index in [9.17, 15) is 0 Å². The smallest absolute Gasteiger partial charge is 0.160 e. The van der Waals surface area contributed by atoms with Crippen LogP contribution in [0, 0.1) is 0 Å². The summed E-state index contributed by atoms with van der Waals surface area (Å²) >= 11 is 1.89. The summed E-state index contributed by atoms with van der Waals surface area (Å²) in [6.45, 7) is 4.73. The summed E-state index contributed by atoms with van der Waals surface area (Å²) in [4.78, 5) is 12.8. The Morgan fingerprint density at radius 1 is 0.395 bits per heavy atom. The lowest BCUT2D eigenvalue weighted by atomic mass is 9.82. The molecule has 0 unspecified atom stereocenters. The summed E-state index contributed by atoms with van der Waals surface area (Å²) in [5, 5.41) is 7.52. The number of rotatable bonds is 8. The molecule has 3 aromatic heterocycles. The lowest BCUT2D eigenvalue weighted by Crippen LogP contribution is -2.16. The summed E-state index contributed by atoms with van der Waals surface area (Å²) in [5.41, 5.74) is 19.3. The predicted octanol–water partition coefficient (Wildman–Crippen LogP) is 19.5. The quantitative estimate of drug-likeness (QED) is 0.152. The molecular formula is C71H48N4S. The molecule has 0 aliphatic heterocycles. The van der Waals surface area contributed by atoms with E-state index >= 15 is 0 Å². The number of thiophene rings is 1. The zero-order valence-electron chi connectivity index (χ0n) is 41.9. The van der Waals surface area contributed by atoms with Gasteiger partial charge in [-0.05, 0) is 129 Å². The maximum Gasteiger partial charge on any atom is 0.160 e. The second kappa shape index (κ2) is 17.3. The Hall–Kier alpha value is -9.42. The average molecular weight is 989 g/mol. The first-order valence-electron chi connectivity index (χ1n) is 26.0. The Morgan fingerprint density at radius 2 is 0.961 bits per heavy atom. The Bertz CT molecular complexity index is 4520. The second-order valence-corrected chi connectivity index (χ2v) is 21.6. The van der Waals surface area contributed by atoms with Crippen LogP contribution >= 0.6 is 11.3 Å². The van der Waals surface area contributed by atoms with Gasteiger partial charge in [-0.2, -0.15) is 0 Å². The van der Waals surface area contributed by atoms with Crippen molar-refractivity contribution < 1.29 is 0 Å². The second-order valence-electron chi connectivity index (χ2n) is 20.5. The molecule has 4 nitrogen and oxygen atoms in total. The molecule has 0 amide bonds. The molecule has 0 radical (unpaired) electrons. The highest BCUT2D eigenvalue weighted by molar-refractivity contribution is 7.26. The largest absolute Gasteiger partial charge is 0.310 e. The molecule has 76 heavy (non-hydrogen) atoms. The van der Waals surface area contributed by atoms with Crippen LogP contribution in [0.4, 0.5) is 17.1 Å². The molecule has 14 aromatic rings. The van der Waals surface area contributed by atoms with E-state index in [1.54, 1.807) is 0 Å². The van der Waals surface area contributed by atoms with E-state index in [1.807, 2.05) is 23.5 Å². The number of benzene rings is 11. The lowest BCUT2D eigenvalue weighted by molar-refractivity contribution is 0.660. The molecule has 0 saturated carbocycles. The SMILES string of the molecule is CC1(C)c2ccccc2-c2ccc(N(c3ccc(-c4ccccc4)cc3)c3ccc4sc5c(ccc6c5c5c7ccccc7ccc5n6-c5ccc(-c6nc(-c7ccccc7)cc(-c7ccccc7)n6)cc5)c4c3)cc21. The van der Waals surface area contributed by atoms with Gasteiger partial charge >= 0.3 is 0 Å². The molecule has 15 rings (SSSR count). The predicted molar refractivity (Wildman–Crippen MR) is 321 cm³/mol. The molecule has 0 atom stereocenters. The van der Waals surface area contributed by atoms with Crippen molar-refractivity contribution in [2.75, 3.05) is 4.90 Å². The van der Waals surface area contributed by atoms with Crippen LogP contribution in [-0.4, -0.2) is 14.5 Å². The third kappa shape index (κ3) is 7.04. The standard InChI is InChI=1S/C71H48N4S/c1-71(2)60-25-15-14-24-56(60)57-37-35-54(43-61(57)71)74(51-31-26-46(27-32-51)45-16-6-3-7-17-45)53-36-41-66-59(42-53)58-38-40-65-68(69(58)76-66)67-55-23-13-12-18-47(55)30-39-64(67)75(65)52-33-28-50(29-34-52)70-72-62(48-19-8-4-9-20-48)44-63(73-70)49-21-10-5-11-22-49/h3-44H,1-2H3. The third-order valence-corrected chi connectivity index (χ3v) is 17.0. The third-order valence-electron chi connectivity index (χ3n) is 15.8. The van der Waals surface area contributed by atoms with Gasteiger partial charge < -0.3 is 9.47 Å².